The lowest BCUT2D eigenvalue weighted by Crippen LogP contribution is -2.05. The first-order valence-corrected chi connectivity index (χ1v) is 6.95. The first kappa shape index (κ1) is 15.4. The van der Waals surface area contributed by atoms with E-state index in [2.05, 4.69) is 0 Å². The van der Waals surface area contributed by atoms with Gasteiger partial charge in [0.1, 0.15) is 12.4 Å². The molecule has 0 unspecified atom stereocenters. The second kappa shape index (κ2) is 7.16. The molecule has 0 saturated heterocycles. The summed E-state index contributed by atoms with van der Waals surface area (Å²) in [6.45, 7) is 0.303. The lowest BCUT2D eigenvalue weighted by atomic mass is 10.2. The van der Waals surface area contributed by atoms with E-state index >= 15 is 0 Å². The van der Waals surface area contributed by atoms with Crippen LogP contribution in [0.2, 0.25) is 10.0 Å². The topological polar surface area (TPSA) is 52.3 Å². The van der Waals surface area contributed by atoms with Gasteiger partial charge in [0.2, 0.25) is 5.91 Å². The number of amides is 1. The Morgan fingerprint density at radius 2 is 1.95 bits per heavy atom. The zero-order chi connectivity index (χ0) is 15.2. The van der Waals surface area contributed by atoms with E-state index in [1.165, 1.54) is 6.08 Å². The number of halogens is 2. The van der Waals surface area contributed by atoms with E-state index in [4.69, 9.17) is 33.7 Å². The molecule has 0 aliphatic heterocycles. The average molecular weight is 322 g/mol. The van der Waals surface area contributed by atoms with Crippen molar-refractivity contribution in [2.24, 2.45) is 5.73 Å². The fourth-order valence-electron chi connectivity index (χ4n) is 1.72. The Kier molecular flexibility index (Phi) is 5.26. The molecule has 0 aromatic heterocycles. The van der Waals surface area contributed by atoms with Crippen molar-refractivity contribution in [3.63, 3.8) is 0 Å². The highest BCUT2D eigenvalue weighted by atomic mass is 35.5. The van der Waals surface area contributed by atoms with E-state index in [9.17, 15) is 4.79 Å². The number of ether oxygens (including phenoxy) is 1. The molecule has 21 heavy (non-hydrogen) atoms. The van der Waals surface area contributed by atoms with Crippen LogP contribution in [0.25, 0.3) is 6.08 Å². The quantitative estimate of drug-likeness (QED) is 0.844. The largest absolute Gasteiger partial charge is 0.488 e. The van der Waals surface area contributed by atoms with Gasteiger partial charge in [-0.05, 0) is 24.3 Å². The summed E-state index contributed by atoms with van der Waals surface area (Å²) in [6.07, 6.45) is 2.90. The Bertz CT molecular complexity index is 684. The first-order valence-electron chi connectivity index (χ1n) is 6.19. The van der Waals surface area contributed by atoms with Crippen molar-refractivity contribution in [1.82, 2.24) is 0 Å². The van der Waals surface area contributed by atoms with Crippen LogP contribution < -0.4 is 10.5 Å². The smallest absolute Gasteiger partial charge is 0.241 e. The summed E-state index contributed by atoms with van der Waals surface area (Å²) in [6, 6.07) is 12.6. The minimum absolute atomic E-state index is 0.303. The van der Waals surface area contributed by atoms with Gasteiger partial charge in [0, 0.05) is 27.2 Å². The highest BCUT2D eigenvalue weighted by Crippen LogP contribution is 2.24. The molecule has 0 heterocycles. The number of carbonyl (C=O) groups is 1. The monoisotopic (exact) mass is 321 g/mol. The molecule has 2 aromatic rings. The molecule has 0 fully saturated rings. The molecule has 1 amide bonds. The summed E-state index contributed by atoms with van der Waals surface area (Å²) in [4.78, 5) is 10.8. The summed E-state index contributed by atoms with van der Waals surface area (Å²) < 4.78 is 5.75. The second-order valence-electron chi connectivity index (χ2n) is 4.30. The molecule has 0 bridgehead atoms. The number of primary amides is 1. The third-order valence-electron chi connectivity index (χ3n) is 2.74. The van der Waals surface area contributed by atoms with E-state index in [-0.39, 0.29) is 0 Å². The van der Waals surface area contributed by atoms with Gasteiger partial charge in [0.05, 0.1) is 0 Å². The molecule has 2 rings (SSSR count). The van der Waals surface area contributed by atoms with Crippen LogP contribution in [0.15, 0.2) is 48.5 Å². The fraction of sp³-hybridized carbons (Fsp3) is 0.0625. The van der Waals surface area contributed by atoms with Crippen LogP contribution in [-0.4, -0.2) is 5.91 Å². The van der Waals surface area contributed by atoms with Crippen LogP contribution in [0.1, 0.15) is 11.1 Å². The third-order valence-corrected chi connectivity index (χ3v) is 3.33. The van der Waals surface area contributed by atoms with Gasteiger partial charge in [-0.3, -0.25) is 4.79 Å². The number of rotatable bonds is 5. The minimum atomic E-state index is -0.509. The molecule has 5 heteroatoms. The van der Waals surface area contributed by atoms with Gasteiger partial charge < -0.3 is 10.5 Å². The SMILES string of the molecule is NC(=O)/C=C\c1ccccc1OCc1ccc(Cl)cc1Cl. The Balaban J connectivity index is 2.14. The lowest BCUT2D eigenvalue weighted by molar-refractivity contribution is -0.113. The zero-order valence-electron chi connectivity index (χ0n) is 11.1. The molecule has 0 atom stereocenters. The Morgan fingerprint density at radius 3 is 2.67 bits per heavy atom. The Morgan fingerprint density at radius 1 is 1.19 bits per heavy atom. The van der Waals surface area contributed by atoms with Gasteiger partial charge in [0.25, 0.3) is 0 Å². The van der Waals surface area contributed by atoms with Crippen molar-refractivity contribution in [2.45, 2.75) is 6.61 Å². The summed E-state index contributed by atoms with van der Waals surface area (Å²) in [5, 5.41) is 1.13. The van der Waals surface area contributed by atoms with Crippen molar-refractivity contribution in [1.29, 1.82) is 0 Å². The van der Waals surface area contributed by atoms with Crippen molar-refractivity contribution < 1.29 is 9.53 Å². The van der Waals surface area contributed by atoms with Crippen LogP contribution in [0, 0.1) is 0 Å². The van der Waals surface area contributed by atoms with E-state index in [1.54, 1.807) is 18.2 Å². The van der Waals surface area contributed by atoms with Gasteiger partial charge in [-0.15, -0.1) is 0 Å². The summed E-state index contributed by atoms with van der Waals surface area (Å²) in [5.41, 5.74) is 6.69. The highest BCUT2D eigenvalue weighted by molar-refractivity contribution is 6.35. The van der Waals surface area contributed by atoms with Gasteiger partial charge in [0.15, 0.2) is 0 Å². The van der Waals surface area contributed by atoms with Crippen LogP contribution in [0.5, 0.6) is 5.75 Å². The molecule has 0 saturated carbocycles. The lowest BCUT2D eigenvalue weighted by Gasteiger charge is -2.10. The zero-order valence-corrected chi connectivity index (χ0v) is 12.6. The molecule has 108 valence electrons. The van der Waals surface area contributed by atoms with Crippen LogP contribution in [0.3, 0.4) is 0 Å². The van der Waals surface area contributed by atoms with Crippen molar-refractivity contribution in [3.05, 3.63) is 69.7 Å². The standard InChI is InChI=1S/C16H13Cl2NO2/c17-13-7-5-12(14(18)9-13)10-21-15-4-2-1-3-11(15)6-8-16(19)20/h1-9H,10H2,(H2,19,20)/b8-6-. The highest BCUT2D eigenvalue weighted by Gasteiger charge is 2.05. The number of nitrogens with two attached hydrogens (primary N) is 1. The summed E-state index contributed by atoms with van der Waals surface area (Å²) in [7, 11) is 0. The van der Waals surface area contributed by atoms with Gasteiger partial charge >= 0.3 is 0 Å². The second-order valence-corrected chi connectivity index (χ2v) is 5.14. The number of hydrogen-bond acceptors (Lipinski definition) is 2. The molecule has 0 spiro atoms. The molecular weight excluding hydrogens is 309 g/mol. The number of carbonyl (C=O) groups excluding carboxylic acids is 1. The fourth-order valence-corrected chi connectivity index (χ4v) is 2.18. The Labute approximate surface area is 132 Å². The molecule has 0 aliphatic carbocycles. The molecule has 0 radical (unpaired) electrons. The van der Waals surface area contributed by atoms with Crippen molar-refractivity contribution in [2.75, 3.05) is 0 Å². The number of benzene rings is 2. The van der Waals surface area contributed by atoms with Crippen LogP contribution >= 0.6 is 23.2 Å². The van der Waals surface area contributed by atoms with E-state index in [1.807, 2.05) is 30.3 Å². The van der Waals surface area contributed by atoms with Gasteiger partial charge in [-0.25, -0.2) is 0 Å². The molecular formula is C16H13Cl2NO2. The Hall–Kier alpha value is -1.97. The van der Waals surface area contributed by atoms with E-state index in [0.29, 0.717) is 22.4 Å². The maximum absolute atomic E-state index is 10.8. The minimum Gasteiger partial charge on any atom is -0.488 e. The molecule has 0 aliphatic rings. The van der Waals surface area contributed by atoms with Crippen molar-refractivity contribution >= 4 is 35.2 Å². The van der Waals surface area contributed by atoms with Crippen LogP contribution in [-0.2, 0) is 11.4 Å². The van der Waals surface area contributed by atoms with Crippen molar-refractivity contribution in [3.8, 4) is 5.75 Å². The predicted octanol–water partition coefficient (Wildman–Crippen LogP) is 4.07. The van der Waals surface area contributed by atoms with Crippen LogP contribution in [0.4, 0.5) is 0 Å². The molecule has 3 nitrogen and oxygen atoms in total. The normalized spacial score (nSPS) is 10.8. The maximum Gasteiger partial charge on any atom is 0.241 e. The summed E-state index contributed by atoms with van der Waals surface area (Å²) in [5.74, 6) is 0.131. The van der Waals surface area contributed by atoms with Gasteiger partial charge in [-0.1, -0.05) is 47.5 Å². The van der Waals surface area contributed by atoms with E-state index < -0.39 is 5.91 Å². The van der Waals surface area contributed by atoms with E-state index in [0.717, 1.165) is 11.1 Å². The average Bonchev–Trinajstić information content (AvgIpc) is 2.45. The predicted molar refractivity (Wildman–Crippen MR) is 85.5 cm³/mol. The third kappa shape index (κ3) is 4.52. The molecule has 2 aromatic carbocycles. The number of hydrogen-bond donors (Lipinski definition) is 1. The number of para-hydroxylation sites is 1. The maximum atomic E-state index is 10.8. The first-order chi connectivity index (χ1) is 10.1. The molecule has 2 N–H and O–H groups in total. The summed E-state index contributed by atoms with van der Waals surface area (Å²) >= 11 is 12.0. The van der Waals surface area contributed by atoms with Gasteiger partial charge in [-0.2, -0.15) is 0 Å².